The van der Waals surface area contributed by atoms with Crippen LogP contribution in [0.3, 0.4) is 0 Å². The van der Waals surface area contributed by atoms with Gasteiger partial charge >= 0.3 is 5.97 Å². The third-order valence-corrected chi connectivity index (χ3v) is 5.48. The number of fused-ring (bicyclic) bond motifs is 2. The highest BCUT2D eigenvalue weighted by molar-refractivity contribution is 9.10. The Hall–Kier alpha value is -2.60. The van der Waals surface area contributed by atoms with E-state index in [9.17, 15) is 9.59 Å². The molecule has 0 unspecified atom stereocenters. The van der Waals surface area contributed by atoms with Gasteiger partial charge in [-0.15, -0.1) is 0 Å². The molecule has 0 bridgehead atoms. The topological polar surface area (TPSA) is 62.4 Å². The fourth-order valence-electron chi connectivity index (χ4n) is 3.25. The van der Waals surface area contributed by atoms with Gasteiger partial charge in [0.05, 0.1) is 4.47 Å². The predicted molar refractivity (Wildman–Crippen MR) is 102 cm³/mol. The molecule has 0 aliphatic carbocycles. The highest BCUT2D eigenvalue weighted by atomic mass is 79.9. The summed E-state index contributed by atoms with van der Waals surface area (Å²) in [4.78, 5) is 29.6. The number of carbonyl (C=O) groups is 2. The molecular weight excluding hydrogens is 396 g/mol. The van der Waals surface area contributed by atoms with Crippen molar-refractivity contribution in [2.24, 2.45) is 0 Å². The number of hydrogen-bond donors (Lipinski definition) is 1. The van der Waals surface area contributed by atoms with E-state index in [1.165, 1.54) is 5.56 Å². The van der Waals surface area contributed by atoms with E-state index in [0.29, 0.717) is 23.3 Å². The summed E-state index contributed by atoms with van der Waals surface area (Å²) in [5, 5.41) is 0.901. The summed E-state index contributed by atoms with van der Waals surface area (Å²) in [6.07, 6.45) is 0.823. The summed E-state index contributed by atoms with van der Waals surface area (Å²) in [5.74, 6) is -0.723. The van der Waals surface area contributed by atoms with Crippen molar-refractivity contribution in [3.63, 3.8) is 0 Å². The molecule has 1 aliphatic heterocycles. The van der Waals surface area contributed by atoms with Gasteiger partial charge in [0.25, 0.3) is 5.91 Å². The summed E-state index contributed by atoms with van der Waals surface area (Å²) >= 11 is 3.43. The summed E-state index contributed by atoms with van der Waals surface area (Å²) in [6.45, 7) is 0.939. The van der Waals surface area contributed by atoms with Crippen LogP contribution in [0.5, 0.6) is 0 Å². The van der Waals surface area contributed by atoms with E-state index in [1.807, 2.05) is 42.5 Å². The number of aromatic nitrogens is 1. The molecule has 2 aromatic carbocycles. The lowest BCUT2D eigenvalue weighted by atomic mass is 10.00. The molecule has 5 nitrogen and oxygen atoms in total. The summed E-state index contributed by atoms with van der Waals surface area (Å²) in [6, 6.07) is 15.7. The molecule has 1 N–H and O–H groups in total. The minimum Gasteiger partial charge on any atom is -0.451 e. The van der Waals surface area contributed by atoms with Crippen LogP contribution in [-0.2, 0) is 22.5 Å². The van der Waals surface area contributed by atoms with Crippen LogP contribution in [0.4, 0.5) is 0 Å². The van der Waals surface area contributed by atoms with E-state index >= 15 is 0 Å². The number of aromatic amines is 1. The van der Waals surface area contributed by atoms with Gasteiger partial charge in [-0.2, -0.15) is 0 Å². The summed E-state index contributed by atoms with van der Waals surface area (Å²) in [5.41, 5.74) is 3.58. The number of nitrogens with one attached hydrogen (secondary N) is 1. The second-order valence-corrected chi connectivity index (χ2v) is 7.06. The van der Waals surface area contributed by atoms with Crippen LogP contribution < -0.4 is 0 Å². The predicted octanol–water partition coefficient (Wildman–Crippen LogP) is 3.67. The Morgan fingerprint density at radius 1 is 1.08 bits per heavy atom. The molecule has 1 aliphatic rings. The maximum Gasteiger partial charge on any atom is 0.356 e. The molecule has 6 heteroatoms. The standard InChI is InChI=1S/C20H17BrN2O3/c21-18-15-7-3-4-8-16(15)22-19(18)20(25)26-12-17(24)23-10-9-13-5-1-2-6-14(13)11-23/h1-8,22H,9-12H2. The number of para-hydroxylation sites is 1. The van der Waals surface area contributed by atoms with E-state index in [0.717, 1.165) is 22.9 Å². The minimum atomic E-state index is -0.543. The van der Waals surface area contributed by atoms with Gasteiger partial charge in [0.1, 0.15) is 5.69 Å². The molecule has 26 heavy (non-hydrogen) atoms. The molecule has 0 saturated heterocycles. The first kappa shape index (κ1) is 16.8. The first-order valence-corrected chi connectivity index (χ1v) is 9.20. The Kier molecular flexibility index (Phi) is 4.51. The number of nitrogens with zero attached hydrogens (tertiary/aromatic N) is 1. The molecule has 0 radical (unpaired) electrons. The average Bonchev–Trinajstić information content (AvgIpc) is 3.02. The van der Waals surface area contributed by atoms with E-state index in [2.05, 4.69) is 27.0 Å². The first-order chi connectivity index (χ1) is 12.6. The van der Waals surface area contributed by atoms with Crippen molar-refractivity contribution < 1.29 is 14.3 Å². The molecule has 0 spiro atoms. The van der Waals surface area contributed by atoms with Crippen LogP contribution in [0, 0.1) is 0 Å². The number of amides is 1. The van der Waals surface area contributed by atoms with Crippen LogP contribution >= 0.6 is 15.9 Å². The fraction of sp³-hybridized carbons (Fsp3) is 0.200. The van der Waals surface area contributed by atoms with Gasteiger partial charge < -0.3 is 14.6 Å². The Morgan fingerprint density at radius 3 is 2.62 bits per heavy atom. The smallest absolute Gasteiger partial charge is 0.356 e. The van der Waals surface area contributed by atoms with Crippen LogP contribution in [-0.4, -0.2) is 34.9 Å². The lowest BCUT2D eigenvalue weighted by Gasteiger charge is -2.28. The fourth-order valence-corrected chi connectivity index (χ4v) is 3.85. The second-order valence-electron chi connectivity index (χ2n) is 6.27. The number of ether oxygens (including phenoxy) is 1. The monoisotopic (exact) mass is 412 g/mol. The van der Waals surface area contributed by atoms with Crippen molar-refractivity contribution in [3.05, 3.63) is 69.8 Å². The maximum atomic E-state index is 12.4. The molecule has 0 atom stereocenters. The van der Waals surface area contributed by atoms with Crippen LogP contribution in [0.2, 0.25) is 0 Å². The molecule has 4 rings (SSSR count). The highest BCUT2D eigenvalue weighted by Gasteiger charge is 2.23. The van der Waals surface area contributed by atoms with E-state index < -0.39 is 5.97 Å². The van der Waals surface area contributed by atoms with Crippen molar-refractivity contribution in [2.45, 2.75) is 13.0 Å². The van der Waals surface area contributed by atoms with Gasteiger partial charge in [0.15, 0.2) is 6.61 Å². The van der Waals surface area contributed by atoms with E-state index in [4.69, 9.17) is 4.74 Å². The normalized spacial score (nSPS) is 13.5. The van der Waals surface area contributed by atoms with Crippen molar-refractivity contribution in [1.82, 2.24) is 9.88 Å². The van der Waals surface area contributed by atoms with E-state index in [-0.39, 0.29) is 12.5 Å². The van der Waals surface area contributed by atoms with Gasteiger partial charge in [-0.3, -0.25) is 4.79 Å². The molecule has 0 saturated carbocycles. The number of esters is 1. The summed E-state index contributed by atoms with van der Waals surface area (Å²) in [7, 11) is 0. The maximum absolute atomic E-state index is 12.4. The van der Waals surface area contributed by atoms with Crippen molar-refractivity contribution in [1.29, 1.82) is 0 Å². The molecule has 132 valence electrons. The Bertz CT molecular complexity index is 996. The molecule has 2 heterocycles. The average molecular weight is 413 g/mol. The molecule has 1 aromatic heterocycles. The Balaban J connectivity index is 1.41. The zero-order chi connectivity index (χ0) is 18.1. The number of benzene rings is 2. The Morgan fingerprint density at radius 2 is 1.81 bits per heavy atom. The quantitative estimate of drug-likeness (QED) is 0.667. The SMILES string of the molecule is O=C(OCC(=O)N1CCc2ccccc2C1)c1[nH]c2ccccc2c1Br. The third kappa shape index (κ3) is 3.12. The van der Waals surface area contributed by atoms with Gasteiger partial charge in [-0.05, 0) is 39.5 Å². The van der Waals surface area contributed by atoms with Crippen molar-refractivity contribution >= 4 is 38.7 Å². The van der Waals surface area contributed by atoms with Crippen LogP contribution in [0.15, 0.2) is 53.0 Å². The highest BCUT2D eigenvalue weighted by Crippen LogP contribution is 2.28. The number of H-pyrrole nitrogens is 1. The lowest BCUT2D eigenvalue weighted by Crippen LogP contribution is -2.38. The minimum absolute atomic E-state index is 0.180. The van der Waals surface area contributed by atoms with Crippen molar-refractivity contribution in [2.75, 3.05) is 13.2 Å². The number of carbonyl (C=O) groups excluding carboxylic acids is 2. The molecule has 1 amide bonds. The van der Waals surface area contributed by atoms with Gasteiger partial charge in [0.2, 0.25) is 0 Å². The van der Waals surface area contributed by atoms with Crippen LogP contribution in [0.1, 0.15) is 21.6 Å². The first-order valence-electron chi connectivity index (χ1n) is 8.41. The van der Waals surface area contributed by atoms with Gasteiger partial charge in [0, 0.05) is 24.0 Å². The van der Waals surface area contributed by atoms with Gasteiger partial charge in [-0.25, -0.2) is 4.79 Å². The molecule has 3 aromatic rings. The number of halogens is 1. The van der Waals surface area contributed by atoms with Crippen molar-refractivity contribution in [3.8, 4) is 0 Å². The largest absolute Gasteiger partial charge is 0.451 e. The van der Waals surface area contributed by atoms with E-state index in [1.54, 1.807) is 4.90 Å². The zero-order valence-corrected chi connectivity index (χ0v) is 15.6. The number of rotatable bonds is 3. The number of hydrogen-bond acceptors (Lipinski definition) is 3. The Labute approximate surface area is 159 Å². The lowest BCUT2D eigenvalue weighted by molar-refractivity contribution is -0.135. The molecular formula is C20H17BrN2O3. The second kappa shape index (κ2) is 6.96. The zero-order valence-electron chi connectivity index (χ0n) is 14.0. The van der Waals surface area contributed by atoms with Crippen LogP contribution in [0.25, 0.3) is 10.9 Å². The molecule has 0 fully saturated rings. The summed E-state index contributed by atoms with van der Waals surface area (Å²) < 4.78 is 5.90. The third-order valence-electron chi connectivity index (χ3n) is 4.66. The van der Waals surface area contributed by atoms with Gasteiger partial charge in [-0.1, -0.05) is 42.5 Å².